The number of piperidine rings is 3. The van der Waals surface area contributed by atoms with E-state index in [1.54, 1.807) is 12.1 Å². The predicted octanol–water partition coefficient (Wildman–Crippen LogP) is 1.43. The molecule has 3 saturated heterocycles. The molecule has 2 amide bonds. The van der Waals surface area contributed by atoms with Gasteiger partial charge in [-0.15, -0.1) is 5.10 Å². The number of fused-ring (bicyclic) bond motifs is 5. The van der Waals surface area contributed by atoms with Crippen LogP contribution in [0.4, 0.5) is 0 Å². The molecule has 3 atom stereocenters. The minimum atomic E-state index is -0.164. The lowest BCUT2D eigenvalue weighted by molar-refractivity contribution is -0.148. The van der Waals surface area contributed by atoms with Crippen LogP contribution in [0, 0.1) is 11.8 Å². The fourth-order valence-electron chi connectivity index (χ4n) is 5.52. The summed E-state index contributed by atoms with van der Waals surface area (Å²) in [7, 11) is 0. The van der Waals surface area contributed by atoms with Crippen molar-refractivity contribution < 1.29 is 9.59 Å². The number of likely N-dealkylation sites (tertiary alicyclic amines) is 1. The summed E-state index contributed by atoms with van der Waals surface area (Å²) < 4.78 is 1.35. The van der Waals surface area contributed by atoms with Crippen LogP contribution in [0.1, 0.15) is 38.5 Å². The fraction of sp³-hybridized carbons (Fsp3) is 0.591. The van der Waals surface area contributed by atoms with Crippen molar-refractivity contribution in [2.45, 2.75) is 51.1 Å². The SMILES string of the molecule is O=C(CCCn1nnc2ccccc2c1=O)N1C[C@H]2C[C@H](C1)[C@@H]1CCCC(=O)N1C2. The van der Waals surface area contributed by atoms with Gasteiger partial charge in [-0.2, -0.15) is 0 Å². The van der Waals surface area contributed by atoms with Gasteiger partial charge in [0.1, 0.15) is 5.52 Å². The molecule has 0 unspecified atom stereocenters. The molecule has 0 radical (unpaired) electrons. The van der Waals surface area contributed by atoms with Crippen LogP contribution in [-0.4, -0.2) is 62.3 Å². The number of amides is 2. The third-order valence-corrected chi connectivity index (χ3v) is 6.92. The average Bonchev–Trinajstić information content (AvgIpc) is 2.76. The van der Waals surface area contributed by atoms with E-state index >= 15 is 0 Å². The Balaban J connectivity index is 1.19. The number of hydrogen-bond acceptors (Lipinski definition) is 5. The Hall–Kier alpha value is -2.77. The van der Waals surface area contributed by atoms with Gasteiger partial charge in [0.25, 0.3) is 5.56 Å². The van der Waals surface area contributed by atoms with Gasteiger partial charge in [0.05, 0.1) is 5.39 Å². The summed E-state index contributed by atoms with van der Waals surface area (Å²) in [6.07, 6.45) is 4.79. The van der Waals surface area contributed by atoms with E-state index in [0.29, 0.717) is 60.5 Å². The number of hydrogen-bond donors (Lipinski definition) is 0. The minimum Gasteiger partial charge on any atom is -0.342 e. The van der Waals surface area contributed by atoms with Gasteiger partial charge < -0.3 is 9.80 Å². The average molecular weight is 409 g/mol. The molecule has 1 aromatic heterocycles. The maximum Gasteiger partial charge on any atom is 0.277 e. The summed E-state index contributed by atoms with van der Waals surface area (Å²) >= 11 is 0. The van der Waals surface area contributed by atoms with E-state index < -0.39 is 0 Å². The maximum absolute atomic E-state index is 12.9. The van der Waals surface area contributed by atoms with Gasteiger partial charge in [-0.1, -0.05) is 17.3 Å². The van der Waals surface area contributed by atoms with Crippen LogP contribution >= 0.6 is 0 Å². The first-order valence-electron chi connectivity index (χ1n) is 11.0. The molecule has 0 spiro atoms. The summed E-state index contributed by atoms with van der Waals surface area (Å²) in [6, 6.07) is 7.47. The van der Waals surface area contributed by atoms with E-state index in [1.807, 2.05) is 17.0 Å². The Kier molecular flexibility index (Phi) is 5.00. The molecule has 30 heavy (non-hydrogen) atoms. The van der Waals surface area contributed by atoms with Gasteiger partial charge in [0.15, 0.2) is 0 Å². The van der Waals surface area contributed by atoms with Gasteiger partial charge in [-0.25, -0.2) is 4.68 Å². The molecule has 158 valence electrons. The number of carbonyl (C=O) groups is 2. The first-order chi connectivity index (χ1) is 14.6. The van der Waals surface area contributed by atoms with Crippen LogP contribution in [0.3, 0.4) is 0 Å². The predicted molar refractivity (Wildman–Crippen MR) is 111 cm³/mol. The third-order valence-electron chi connectivity index (χ3n) is 6.92. The van der Waals surface area contributed by atoms with Crippen molar-refractivity contribution in [1.29, 1.82) is 0 Å². The molecule has 3 aliphatic rings. The zero-order chi connectivity index (χ0) is 20.7. The second-order valence-corrected chi connectivity index (χ2v) is 8.90. The molecule has 3 aliphatic heterocycles. The molecule has 8 heteroatoms. The van der Waals surface area contributed by atoms with Crippen LogP contribution in [0.2, 0.25) is 0 Å². The minimum absolute atomic E-state index is 0.141. The van der Waals surface area contributed by atoms with Crippen LogP contribution in [0.25, 0.3) is 10.9 Å². The van der Waals surface area contributed by atoms with Gasteiger partial charge in [-0.05, 0) is 49.7 Å². The lowest BCUT2D eigenvalue weighted by atomic mass is 9.76. The Morgan fingerprint density at radius 3 is 2.90 bits per heavy atom. The summed E-state index contributed by atoms with van der Waals surface area (Å²) in [4.78, 5) is 41.7. The number of nitrogens with zero attached hydrogens (tertiary/aromatic N) is 5. The fourth-order valence-corrected chi connectivity index (χ4v) is 5.52. The second kappa shape index (κ2) is 7.81. The molecule has 2 bridgehead atoms. The maximum atomic E-state index is 12.9. The number of rotatable bonds is 4. The first-order valence-corrected chi connectivity index (χ1v) is 11.0. The first kappa shape index (κ1) is 19.2. The highest BCUT2D eigenvalue weighted by molar-refractivity contribution is 5.78. The van der Waals surface area contributed by atoms with Crippen molar-refractivity contribution in [2.75, 3.05) is 19.6 Å². The Morgan fingerprint density at radius 1 is 1.13 bits per heavy atom. The highest BCUT2D eigenvalue weighted by atomic mass is 16.2. The van der Waals surface area contributed by atoms with Gasteiger partial charge in [0.2, 0.25) is 11.8 Å². The summed E-state index contributed by atoms with van der Waals surface area (Å²) in [5.74, 6) is 1.23. The van der Waals surface area contributed by atoms with Gasteiger partial charge in [-0.3, -0.25) is 14.4 Å². The highest BCUT2D eigenvalue weighted by Gasteiger charge is 2.44. The van der Waals surface area contributed by atoms with Gasteiger partial charge >= 0.3 is 0 Å². The molecule has 3 fully saturated rings. The molecule has 0 aliphatic carbocycles. The van der Waals surface area contributed by atoms with Gasteiger partial charge in [0, 0.05) is 45.1 Å². The molecule has 1 aromatic carbocycles. The van der Waals surface area contributed by atoms with E-state index in [-0.39, 0.29) is 11.5 Å². The zero-order valence-corrected chi connectivity index (χ0v) is 17.1. The summed E-state index contributed by atoms with van der Waals surface area (Å²) in [6.45, 7) is 2.67. The second-order valence-electron chi connectivity index (χ2n) is 8.90. The molecular weight excluding hydrogens is 382 g/mol. The number of benzene rings is 1. The lowest BCUT2D eigenvalue weighted by Gasteiger charge is -2.52. The van der Waals surface area contributed by atoms with E-state index in [4.69, 9.17) is 0 Å². The van der Waals surface area contributed by atoms with Crippen LogP contribution in [-0.2, 0) is 16.1 Å². The Bertz CT molecular complexity index is 1030. The largest absolute Gasteiger partial charge is 0.342 e. The smallest absolute Gasteiger partial charge is 0.277 e. The highest BCUT2D eigenvalue weighted by Crippen LogP contribution is 2.38. The summed E-state index contributed by atoms with van der Waals surface area (Å²) in [5.41, 5.74) is 0.424. The third kappa shape index (κ3) is 3.48. The standard InChI is InChI=1S/C22H27N5O3/c28-20(9-4-10-27-22(30)17-5-1-2-6-18(17)23-24-27)25-12-15-11-16(14-25)19-7-3-8-21(29)26(19)13-15/h1-2,5-6,15-16,19H,3-4,7-14H2/t15-,16-,19+/m1/s1. The van der Waals surface area contributed by atoms with Crippen molar-refractivity contribution in [3.63, 3.8) is 0 Å². The van der Waals surface area contributed by atoms with Crippen molar-refractivity contribution in [2.24, 2.45) is 11.8 Å². The number of carbonyl (C=O) groups excluding carboxylic acids is 2. The topological polar surface area (TPSA) is 88.4 Å². The van der Waals surface area contributed by atoms with Crippen molar-refractivity contribution in [3.05, 3.63) is 34.6 Å². The molecule has 0 saturated carbocycles. The van der Waals surface area contributed by atoms with E-state index in [1.165, 1.54) is 4.68 Å². The molecule has 8 nitrogen and oxygen atoms in total. The van der Waals surface area contributed by atoms with E-state index in [2.05, 4.69) is 15.2 Å². The molecule has 4 heterocycles. The Morgan fingerprint density at radius 2 is 2.00 bits per heavy atom. The Labute approximate surface area is 174 Å². The van der Waals surface area contributed by atoms with Crippen LogP contribution in [0.5, 0.6) is 0 Å². The van der Waals surface area contributed by atoms with Crippen LogP contribution in [0.15, 0.2) is 29.1 Å². The molecule has 2 aromatic rings. The van der Waals surface area contributed by atoms with Crippen molar-refractivity contribution in [3.8, 4) is 0 Å². The molecule has 0 N–H and O–H groups in total. The zero-order valence-electron chi connectivity index (χ0n) is 17.1. The monoisotopic (exact) mass is 409 g/mol. The normalized spacial score (nSPS) is 26.0. The van der Waals surface area contributed by atoms with Crippen molar-refractivity contribution in [1.82, 2.24) is 24.8 Å². The number of aryl methyl sites for hydroxylation is 1. The van der Waals surface area contributed by atoms with E-state index in [0.717, 1.165) is 38.9 Å². The molecular formula is C22H27N5O3. The van der Waals surface area contributed by atoms with Crippen LogP contribution < -0.4 is 5.56 Å². The number of aromatic nitrogens is 3. The summed E-state index contributed by atoms with van der Waals surface area (Å²) in [5, 5.41) is 8.65. The molecule has 5 rings (SSSR count). The lowest BCUT2D eigenvalue weighted by Crippen LogP contribution is -2.61. The quantitative estimate of drug-likeness (QED) is 0.762. The van der Waals surface area contributed by atoms with Crippen molar-refractivity contribution >= 4 is 22.7 Å². The van der Waals surface area contributed by atoms with E-state index in [9.17, 15) is 14.4 Å².